The van der Waals surface area contributed by atoms with Crippen LogP contribution in [0.1, 0.15) is 47.5 Å². The molecule has 1 unspecified atom stereocenters. The fraction of sp³-hybridized carbons (Fsp3) is 0.594. The van der Waals surface area contributed by atoms with Gasteiger partial charge in [0.1, 0.15) is 11.8 Å². The minimum atomic E-state index is -0.918. The lowest BCUT2D eigenvalue weighted by atomic mass is 9.74. The number of hydrogen-bond donors (Lipinski definition) is 1. The Morgan fingerprint density at radius 2 is 1.71 bits per heavy atom. The molecule has 6 atom stereocenters. The summed E-state index contributed by atoms with van der Waals surface area (Å²) in [4.78, 5) is 48.8. The zero-order valence-electron chi connectivity index (χ0n) is 24.8. The van der Waals surface area contributed by atoms with Crippen LogP contribution < -0.4 is 9.64 Å². The summed E-state index contributed by atoms with van der Waals surface area (Å²) in [6.45, 7) is 11.8. The second kappa shape index (κ2) is 11.5. The fourth-order valence-electron chi connectivity index (χ4n) is 7.16. The number of benzene rings is 1. The van der Waals surface area contributed by atoms with Gasteiger partial charge in [-0.1, -0.05) is 51.5 Å². The number of nitrogens with zero attached hydrogens (tertiary/aromatic N) is 3. The lowest BCUT2D eigenvalue weighted by molar-refractivity contribution is -0.146. The first-order chi connectivity index (χ1) is 19.6. The molecule has 0 aromatic heterocycles. The summed E-state index contributed by atoms with van der Waals surface area (Å²) >= 11 is 1.58. The van der Waals surface area contributed by atoms with Crippen LogP contribution in [0.3, 0.4) is 0 Å². The van der Waals surface area contributed by atoms with Crippen LogP contribution in [0.25, 0.3) is 0 Å². The van der Waals surface area contributed by atoms with Gasteiger partial charge in [0.15, 0.2) is 0 Å². The average molecular weight is 582 g/mol. The van der Waals surface area contributed by atoms with Gasteiger partial charge in [0, 0.05) is 30.1 Å². The van der Waals surface area contributed by atoms with E-state index >= 15 is 0 Å². The highest BCUT2D eigenvalue weighted by Gasteiger charge is 2.74. The summed E-state index contributed by atoms with van der Waals surface area (Å²) in [7, 11) is 0. The van der Waals surface area contributed by atoms with Crippen LogP contribution in [-0.2, 0) is 14.4 Å². The molecule has 1 N–H and O–H groups in total. The Labute approximate surface area is 247 Å². The molecule has 0 aliphatic carbocycles. The van der Waals surface area contributed by atoms with E-state index in [4.69, 9.17) is 4.74 Å². The van der Waals surface area contributed by atoms with Gasteiger partial charge in [-0.3, -0.25) is 14.4 Å². The van der Waals surface area contributed by atoms with E-state index in [1.807, 2.05) is 75.1 Å². The number of fused-ring (bicyclic) bond motifs is 2. The number of likely N-dealkylation sites (tertiary alicyclic amines) is 1. The van der Waals surface area contributed by atoms with Gasteiger partial charge in [-0.2, -0.15) is 0 Å². The molecule has 222 valence electrons. The number of carbonyl (C=O) groups is 3. The highest BCUT2D eigenvalue weighted by Crippen LogP contribution is 2.66. The monoisotopic (exact) mass is 581 g/mol. The number of aliphatic hydroxyl groups is 1. The Hall–Kier alpha value is -2.78. The first-order valence-corrected chi connectivity index (χ1v) is 15.8. The third-order valence-electron chi connectivity index (χ3n) is 9.13. The molecule has 2 saturated heterocycles. The van der Waals surface area contributed by atoms with Gasteiger partial charge in [0.25, 0.3) is 0 Å². The molecule has 1 spiro atoms. The quantitative estimate of drug-likeness (QED) is 0.445. The second-order valence-electron chi connectivity index (χ2n) is 12.1. The topological polar surface area (TPSA) is 90.4 Å². The van der Waals surface area contributed by atoms with Crippen molar-refractivity contribution in [2.45, 2.75) is 69.0 Å². The predicted octanol–water partition coefficient (Wildman–Crippen LogP) is 3.89. The third kappa shape index (κ3) is 4.79. The lowest BCUT2D eigenvalue weighted by Gasteiger charge is -2.41. The SMILES string of the molecule is CCCCN1CC=C[C@]23S[C@@]4(C)C=CCN(c5ccc(OCC)cc5)C(=O)[C@H]4[C@H]2C(=O)N([C@@H](CO)C(C)C)C3C1=O. The Kier molecular flexibility index (Phi) is 8.32. The minimum Gasteiger partial charge on any atom is -0.494 e. The van der Waals surface area contributed by atoms with Crippen molar-refractivity contribution in [2.75, 3.05) is 37.7 Å². The molecular formula is C32H43N3O5S. The van der Waals surface area contributed by atoms with Gasteiger partial charge in [-0.15, -0.1) is 11.8 Å². The smallest absolute Gasteiger partial charge is 0.247 e. The maximum Gasteiger partial charge on any atom is 0.247 e. The van der Waals surface area contributed by atoms with Crippen LogP contribution in [0.2, 0.25) is 0 Å². The summed E-state index contributed by atoms with van der Waals surface area (Å²) in [6.07, 6.45) is 9.97. The molecule has 5 rings (SSSR count). The van der Waals surface area contributed by atoms with Crippen molar-refractivity contribution in [3.63, 3.8) is 0 Å². The van der Waals surface area contributed by atoms with E-state index in [-0.39, 0.29) is 30.2 Å². The highest BCUT2D eigenvalue weighted by molar-refractivity contribution is 8.02. The van der Waals surface area contributed by atoms with E-state index in [0.717, 1.165) is 24.3 Å². The average Bonchev–Trinajstić information content (AvgIpc) is 3.21. The molecule has 4 aliphatic rings. The van der Waals surface area contributed by atoms with E-state index in [2.05, 4.69) is 13.0 Å². The number of hydrogen-bond acceptors (Lipinski definition) is 6. The largest absolute Gasteiger partial charge is 0.494 e. The number of anilines is 1. The molecule has 9 heteroatoms. The molecule has 3 amide bonds. The standard InChI is InChI=1S/C32H43N3O5S/c1-6-8-17-33-18-10-16-32-26(29(38)35(27(32)30(33)39)24(20-36)21(3)4)25-28(37)34(19-9-15-31(25,5)41-32)22-11-13-23(14-12-22)40-7-2/h9-16,21,24-27,36H,6-8,17-20H2,1-5H3/t24-,25+,26-,27?,31-,32-/m0/s1. The van der Waals surface area contributed by atoms with E-state index < -0.39 is 33.4 Å². The molecule has 2 fully saturated rings. The lowest BCUT2D eigenvalue weighted by Crippen LogP contribution is -2.58. The first-order valence-electron chi connectivity index (χ1n) is 14.9. The number of unbranched alkanes of at least 4 members (excludes halogenated alkanes) is 1. The van der Waals surface area contributed by atoms with E-state index in [1.165, 1.54) is 0 Å². The minimum absolute atomic E-state index is 0.0644. The maximum atomic E-state index is 14.6. The van der Waals surface area contributed by atoms with Gasteiger partial charge < -0.3 is 24.5 Å². The number of rotatable bonds is 9. The molecule has 1 aromatic rings. The highest BCUT2D eigenvalue weighted by atomic mass is 32.2. The van der Waals surface area contributed by atoms with Gasteiger partial charge in [0.05, 0.1) is 35.8 Å². The summed E-state index contributed by atoms with van der Waals surface area (Å²) in [5.74, 6) is -1.17. The number of aliphatic hydroxyl groups excluding tert-OH is 1. The number of ether oxygens (including phenoxy) is 1. The Morgan fingerprint density at radius 3 is 2.34 bits per heavy atom. The van der Waals surface area contributed by atoms with Gasteiger partial charge in [-0.25, -0.2) is 0 Å². The Morgan fingerprint density at radius 1 is 1.00 bits per heavy atom. The Bertz CT molecular complexity index is 1230. The molecule has 0 saturated carbocycles. The third-order valence-corrected chi connectivity index (χ3v) is 10.9. The van der Waals surface area contributed by atoms with Crippen molar-refractivity contribution in [3.8, 4) is 5.75 Å². The van der Waals surface area contributed by atoms with Crippen LogP contribution in [0.5, 0.6) is 5.75 Å². The Balaban J connectivity index is 1.61. The van der Waals surface area contributed by atoms with Gasteiger partial charge >= 0.3 is 0 Å². The van der Waals surface area contributed by atoms with Crippen molar-refractivity contribution in [1.29, 1.82) is 0 Å². The fourth-order valence-corrected chi connectivity index (χ4v) is 9.30. The van der Waals surface area contributed by atoms with Crippen molar-refractivity contribution in [1.82, 2.24) is 9.80 Å². The molecule has 1 aromatic carbocycles. The van der Waals surface area contributed by atoms with E-state index in [0.29, 0.717) is 26.2 Å². The van der Waals surface area contributed by atoms with Crippen molar-refractivity contribution < 1.29 is 24.2 Å². The van der Waals surface area contributed by atoms with Gasteiger partial charge in [0.2, 0.25) is 17.7 Å². The molecule has 4 aliphatic heterocycles. The van der Waals surface area contributed by atoms with Crippen molar-refractivity contribution in [2.24, 2.45) is 17.8 Å². The normalized spacial score (nSPS) is 31.7. The molecular weight excluding hydrogens is 538 g/mol. The molecule has 41 heavy (non-hydrogen) atoms. The van der Waals surface area contributed by atoms with Crippen LogP contribution in [0.4, 0.5) is 5.69 Å². The van der Waals surface area contributed by atoms with E-state index in [9.17, 15) is 19.5 Å². The van der Waals surface area contributed by atoms with Crippen LogP contribution >= 0.6 is 11.8 Å². The molecule has 4 heterocycles. The second-order valence-corrected chi connectivity index (χ2v) is 13.8. The van der Waals surface area contributed by atoms with Gasteiger partial charge in [-0.05, 0) is 50.5 Å². The molecule has 0 radical (unpaired) electrons. The number of carbonyl (C=O) groups excluding carboxylic acids is 3. The van der Waals surface area contributed by atoms with Crippen molar-refractivity contribution >= 4 is 35.2 Å². The molecule has 8 nitrogen and oxygen atoms in total. The summed E-state index contributed by atoms with van der Waals surface area (Å²) < 4.78 is 4.00. The number of amides is 3. The van der Waals surface area contributed by atoms with Crippen molar-refractivity contribution in [3.05, 3.63) is 48.6 Å². The summed E-state index contributed by atoms with van der Waals surface area (Å²) in [6, 6.07) is 6.16. The predicted molar refractivity (Wildman–Crippen MR) is 162 cm³/mol. The summed E-state index contributed by atoms with van der Waals surface area (Å²) in [5.41, 5.74) is 0.741. The summed E-state index contributed by atoms with van der Waals surface area (Å²) in [5, 5.41) is 10.5. The van der Waals surface area contributed by atoms with Crippen LogP contribution in [0, 0.1) is 17.8 Å². The zero-order chi connectivity index (χ0) is 29.5. The van der Waals surface area contributed by atoms with E-state index in [1.54, 1.807) is 21.6 Å². The maximum absolute atomic E-state index is 14.6. The van der Waals surface area contributed by atoms with Crippen LogP contribution in [0.15, 0.2) is 48.6 Å². The first kappa shape index (κ1) is 29.7. The zero-order valence-corrected chi connectivity index (χ0v) is 25.6. The number of thioether (sulfide) groups is 1. The van der Waals surface area contributed by atoms with Crippen LogP contribution in [-0.4, -0.2) is 87.1 Å². The molecule has 0 bridgehead atoms.